The summed E-state index contributed by atoms with van der Waals surface area (Å²) in [5.41, 5.74) is 7.15. The molecule has 96 valence electrons. The molecule has 0 saturated carbocycles. The SMILES string of the molecule is Nc1cn2ccnc2c(Nc2ccc(F)cc2I)n1. The van der Waals surface area contributed by atoms with E-state index in [2.05, 4.69) is 37.9 Å². The number of anilines is 3. The van der Waals surface area contributed by atoms with E-state index >= 15 is 0 Å². The molecule has 2 heterocycles. The van der Waals surface area contributed by atoms with E-state index in [1.807, 2.05) is 0 Å². The Morgan fingerprint density at radius 1 is 1.37 bits per heavy atom. The van der Waals surface area contributed by atoms with Gasteiger partial charge in [-0.3, -0.25) is 0 Å². The summed E-state index contributed by atoms with van der Waals surface area (Å²) in [6, 6.07) is 4.49. The van der Waals surface area contributed by atoms with Gasteiger partial charge >= 0.3 is 0 Å². The lowest BCUT2D eigenvalue weighted by Crippen LogP contribution is -2.03. The maximum atomic E-state index is 13.1. The Morgan fingerprint density at radius 3 is 3.00 bits per heavy atom. The number of hydrogen-bond donors (Lipinski definition) is 2. The van der Waals surface area contributed by atoms with Crippen molar-refractivity contribution < 1.29 is 4.39 Å². The molecule has 0 aliphatic carbocycles. The molecule has 3 N–H and O–H groups in total. The lowest BCUT2D eigenvalue weighted by Gasteiger charge is -2.09. The highest BCUT2D eigenvalue weighted by molar-refractivity contribution is 14.1. The van der Waals surface area contributed by atoms with Crippen LogP contribution in [0.4, 0.5) is 21.7 Å². The summed E-state index contributed by atoms with van der Waals surface area (Å²) >= 11 is 2.05. The number of fused-ring (bicyclic) bond motifs is 1. The van der Waals surface area contributed by atoms with Gasteiger partial charge in [-0.15, -0.1) is 0 Å². The minimum Gasteiger partial charge on any atom is -0.382 e. The number of aromatic nitrogens is 3. The van der Waals surface area contributed by atoms with Gasteiger partial charge in [-0.2, -0.15) is 0 Å². The van der Waals surface area contributed by atoms with Crippen LogP contribution < -0.4 is 11.1 Å². The quantitative estimate of drug-likeness (QED) is 0.682. The zero-order chi connectivity index (χ0) is 13.4. The summed E-state index contributed by atoms with van der Waals surface area (Å²) in [7, 11) is 0. The monoisotopic (exact) mass is 369 g/mol. The number of imidazole rings is 1. The zero-order valence-corrected chi connectivity index (χ0v) is 11.8. The molecule has 0 unspecified atom stereocenters. The Balaban J connectivity index is 2.07. The topological polar surface area (TPSA) is 68.2 Å². The molecule has 0 radical (unpaired) electrons. The number of nitrogens with one attached hydrogen (secondary N) is 1. The van der Waals surface area contributed by atoms with E-state index in [-0.39, 0.29) is 5.82 Å². The largest absolute Gasteiger partial charge is 0.382 e. The molecule has 19 heavy (non-hydrogen) atoms. The van der Waals surface area contributed by atoms with E-state index in [4.69, 9.17) is 5.73 Å². The van der Waals surface area contributed by atoms with Gasteiger partial charge in [-0.25, -0.2) is 14.4 Å². The molecule has 0 atom stereocenters. The van der Waals surface area contributed by atoms with Crippen molar-refractivity contribution >= 4 is 45.6 Å². The Kier molecular flexibility index (Phi) is 2.97. The van der Waals surface area contributed by atoms with Gasteiger partial charge in [-0.1, -0.05) is 0 Å². The Labute approximate surface area is 121 Å². The van der Waals surface area contributed by atoms with Crippen molar-refractivity contribution in [1.29, 1.82) is 0 Å². The number of rotatable bonds is 2. The maximum Gasteiger partial charge on any atom is 0.180 e. The van der Waals surface area contributed by atoms with Gasteiger partial charge in [0.1, 0.15) is 11.6 Å². The van der Waals surface area contributed by atoms with Gasteiger partial charge in [0.25, 0.3) is 0 Å². The second kappa shape index (κ2) is 4.65. The summed E-state index contributed by atoms with van der Waals surface area (Å²) in [5.74, 6) is 0.640. The predicted octanol–water partition coefficient (Wildman–Crippen LogP) is 2.80. The molecule has 3 aromatic rings. The minimum absolute atomic E-state index is 0.276. The summed E-state index contributed by atoms with van der Waals surface area (Å²) < 4.78 is 15.6. The third-order valence-electron chi connectivity index (χ3n) is 2.58. The molecule has 0 aliphatic heterocycles. The van der Waals surface area contributed by atoms with Crippen LogP contribution in [0.5, 0.6) is 0 Å². The normalized spacial score (nSPS) is 10.8. The Hall–Kier alpha value is -1.90. The van der Waals surface area contributed by atoms with Crippen LogP contribution in [0, 0.1) is 9.39 Å². The second-order valence-electron chi connectivity index (χ2n) is 3.92. The van der Waals surface area contributed by atoms with Gasteiger partial charge in [0, 0.05) is 16.0 Å². The highest BCUT2D eigenvalue weighted by Gasteiger charge is 2.08. The second-order valence-corrected chi connectivity index (χ2v) is 5.08. The standard InChI is InChI=1S/C12H9FIN5/c13-7-1-2-9(8(14)5-7)17-11-12-16-3-4-19(12)6-10(15)18-11/h1-6H,15H2,(H,17,18). The van der Waals surface area contributed by atoms with Crippen molar-refractivity contribution in [2.75, 3.05) is 11.1 Å². The van der Waals surface area contributed by atoms with E-state index in [1.165, 1.54) is 12.1 Å². The first-order chi connectivity index (χ1) is 9.13. The molecule has 2 aromatic heterocycles. The van der Waals surface area contributed by atoms with Crippen LogP contribution in [0.15, 0.2) is 36.8 Å². The first-order valence-corrected chi connectivity index (χ1v) is 6.52. The lowest BCUT2D eigenvalue weighted by atomic mass is 10.3. The average molecular weight is 369 g/mol. The highest BCUT2D eigenvalue weighted by Crippen LogP contribution is 2.25. The fourth-order valence-corrected chi connectivity index (χ4v) is 2.37. The molecule has 7 heteroatoms. The molecular weight excluding hydrogens is 360 g/mol. The van der Waals surface area contributed by atoms with Crippen LogP contribution in [0.2, 0.25) is 0 Å². The number of nitrogen functional groups attached to an aromatic ring is 1. The molecule has 0 amide bonds. The van der Waals surface area contributed by atoms with E-state index in [0.29, 0.717) is 17.3 Å². The summed E-state index contributed by atoms with van der Waals surface area (Å²) in [6.45, 7) is 0. The van der Waals surface area contributed by atoms with Gasteiger partial charge in [-0.05, 0) is 40.8 Å². The molecule has 0 fully saturated rings. The van der Waals surface area contributed by atoms with Crippen molar-refractivity contribution in [2.24, 2.45) is 0 Å². The van der Waals surface area contributed by atoms with E-state index in [9.17, 15) is 4.39 Å². The average Bonchev–Trinajstić information content (AvgIpc) is 2.80. The van der Waals surface area contributed by atoms with E-state index in [1.54, 1.807) is 29.1 Å². The van der Waals surface area contributed by atoms with Gasteiger partial charge < -0.3 is 15.5 Å². The smallest absolute Gasteiger partial charge is 0.180 e. The third-order valence-corrected chi connectivity index (χ3v) is 3.47. The molecular formula is C12H9FIN5. The fourth-order valence-electron chi connectivity index (χ4n) is 1.75. The fraction of sp³-hybridized carbons (Fsp3) is 0. The molecule has 0 saturated heterocycles. The first-order valence-electron chi connectivity index (χ1n) is 5.45. The maximum absolute atomic E-state index is 13.1. The third kappa shape index (κ3) is 2.33. The predicted molar refractivity (Wildman–Crippen MR) is 79.8 cm³/mol. The number of benzene rings is 1. The zero-order valence-electron chi connectivity index (χ0n) is 9.64. The number of hydrogen-bond acceptors (Lipinski definition) is 4. The van der Waals surface area contributed by atoms with Crippen molar-refractivity contribution in [3.63, 3.8) is 0 Å². The number of nitrogens with zero attached hydrogens (tertiary/aromatic N) is 3. The van der Waals surface area contributed by atoms with Crippen molar-refractivity contribution in [3.8, 4) is 0 Å². The highest BCUT2D eigenvalue weighted by atomic mass is 127. The van der Waals surface area contributed by atoms with Crippen LogP contribution in [0.25, 0.3) is 5.65 Å². The summed E-state index contributed by atoms with van der Waals surface area (Å²) in [5, 5.41) is 3.12. The molecule has 5 nitrogen and oxygen atoms in total. The Morgan fingerprint density at radius 2 is 2.21 bits per heavy atom. The van der Waals surface area contributed by atoms with Crippen LogP contribution in [-0.4, -0.2) is 14.4 Å². The van der Waals surface area contributed by atoms with E-state index < -0.39 is 0 Å². The minimum atomic E-state index is -0.276. The van der Waals surface area contributed by atoms with Crippen molar-refractivity contribution in [2.45, 2.75) is 0 Å². The number of nitrogens with two attached hydrogens (primary N) is 1. The summed E-state index contributed by atoms with van der Waals surface area (Å²) in [6.07, 6.45) is 5.13. The molecule has 1 aromatic carbocycles. The van der Waals surface area contributed by atoms with Gasteiger partial charge in [0.2, 0.25) is 0 Å². The first kappa shape index (κ1) is 12.2. The molecule has 0 bridgehead atoms. The van der Waals surface area contributed by atoms with Gasteiger partial charge in [0.05, 0.1) is 11.9 Å². The van der Waals surface area contributed by atoms with Crippen LogP contribution in [0.1, 0.15) is 0 Å². The molecule has 3 rings (SSSR count). The lowest BCUT2D eigenvalue weighted by molar-refractivity contribution is 0.627. The number of halogens is 2. The summed E-state index contributed by atoms with van der Waals surface area (Å²) in [4.78, 5) is 8.43. The van der Waals surface area contributed by atoms with Gasteiger partial charge in [0.15, 0.2) is 11.5 Å². The van der Waals surface area contributed by atoms with Crippen molar-refractivity contribution in [1.82, 2.24) is 14.4 Å². The van der Waals surface area contributed by atoms with Crippen LogP contribution in [0.3, 0.4) is 0 Å². The Bertz CT molecular complexity index is 755. The molecule has 0 spiro atoms. The van der Waals surface area contributed by atoms with E-state index in [0.717, 1.165) is 9.26 Å². The molecule has 0 aliphatic rings. The van der Waals surface area contributed by atoms with Crippen molar-refractivity contribution in [3.05, 3.63) is 46.2 Å². The van der Waals surface area contributed by atoms with Crippen LogP contribution >= 0.6 is 22.6 Å². The van der Waals surface area contributed by atoms with Crippen LogP contribution in [-0.2, 0) is 0 Å².